The van der Waals surface area contributed by atoms with Crippen molar-refractivity contribution in [3.05, 3.63) is 17.6 Å². The highest BCUT2D eigenvalue weighted by Gasteiger charge is 2.27. The summed E-state index contributed by atoms with van der Waals surface area (Å²) in [6.45, 7) is 5.37. The number of carbonyl (C=O) groups is 1. The summed E-state index contributed by atoms with van der Waals surface area (Å²) in [6, 6.07) is 1.87. The van der Waals surface area contributed by atoms with Gasteiger partial charge in [-0.1, -0.05) is 12.8 Å². The number of hydrogen-bond donors (Lipinski definition) is 0. The third-order valence-corrected chi connectivity index (χ3v) is 4.90. The van der Waals surface area contributed by atoms with Gasteiger partial charge >= 0.3 is 0 Å². The normalized spacial score (nSPS) is 22.3. The van der Waals surface area contributed by atoms with Crippen LogP contribution in [0.15, 0.2) is 6.07 Å². The predicted molar refractivity (Wildman–Crippen MR) is 88.3 cm³/mol. The van der Waals surface area contributed by atoms with Crippen molar-refractivity contribution < 1.29 is 9.53 Å². The van der Waals surface area contributed by atoms with E-state index in [1.165, 1.54) is 25.7 Å². The van der Waals surface area contributed by atoms with Gasteiger partial charge in [-0.3, -0.25) is 4.79 Å². The third-order valence-electron chi connectivity index (χ3n) is 4.90. The smallest absolute Gasteiger partial charge is 0.222 e. The summed E-state index contributed by atoms with van der Waals surface area (Å²) in [5, 5.41) is 0. The number of likely N-dealkylation sites (tertiary alicyclic amines) is 1. The molecule has 1 aromatic rings. The number of piperidine rings is 1. The van der Waals surface area contributed by atoms with Gasteiger partial charge < -0.3 is 9.64 Å². The highest BCUT2D eigenvalue weighted by atomic mass is 16.5. The molecule has 0 aromatic carbocycles. The molecule has 1 saturated heterocycles. The lowest BCUT2D eigenvalue weighted by atomic mass is 10.0. The van der Waals surface area contributed by atoms with Crippen molar-refractivity contribution >= 4 is 5.91 Å². The lowest BCUT2D eigenvalue weighted by Gasteiger charge is -2.33. The molecule has 3 rings (SSSR count). The van der Waals surface area contributed by atoms with Crippen LogP contribution in [0.25, 0.3) is 0 Å². The first-order valence-electron chi connectivity index (χ1n) is 8.87. The molecule has 1 aromatic heterocycles. The number of amides is 1. The Kier molecular flexibility index (Phi) is 5.13. The monoisotopic (exact) mass is 317 g/mol. The van der Waals surface area contributed by atoms with E-state index < -0.39 is 0 Å². The Labute approximate surface area is 138 Å². The molecule has 0 bridgehead atoms. The van der Waals surface area contributed by atoms with Crippen molar-refractivity contribution in [2.75, 3.05) is 13.1 Å². The van der Waals surface area contributed by atoms with Crippen LogP contribution in [0, 0.1) is 19.8 Å². The molecular formula is C18H27N3O2. The van der Waals surface area contributed by atoms with Crippen molar-refractivity contribution in [1.29, 1.82) is 0 Å². The zero-order valence-corrected chi connectivity index (χ0v) is 14.3. The van der Waals surface area contributed by atoms with E-state index in [1.54, 1.807) is 0 Å². The lowest BCUT2D eigenvalue weighted by Crippen LogP contribution is -2.44. The summed E-state index contributed by atoms with van der Waals surface area (Å²) in [5.74, 6) is 2.27. The highest BCUT2D eigenvalue weighted by molar-refractivity contribution is 5.76. The Balaban J connectivity index is 1.55. The molecule has 2 aliphatic rings. The van der Waals surface area contributed by atoms with Crippen molar-refractivity contribution in [1.82, 2.24) is 14.9 Å². The minimum absolute atomic E-state index is 0.0463. The fourth-order valence-electron chi connectivity index (χ4n) is 3.77. The van der Waals surface area contributed by atoms with E-state index in [4.69, 9.17) is 4.74 Å². The van der Waals surface area contributed by atoms with E-state index in [2.05, 4.69) is 9.97 Å². The van der Waals surface area contributed by atoms with Crippen LogP contribution in [0.5, 0.6) is 5.88 Å². The van der Waals surface area contributed by atoms with Crippen molar-refractivity contribution in [3.8, 4) is 5.88 Å². The molecule has 0 radical (unpaired) electrons. The summed E-state index contributed by atoms with van der Waals surface area (Å²) < 4.78 is 6.02. The number of rotatable bonds is 4. The average molecular weight is 317 g/mol. The molecule has 2 fully saturated rings. The van der Waals surface area contributed by atoms with E-state index in [0.717, 1.165) is 37.3 Å². The van der Waals surface area contributed by atoms with Gasteiger partial charge in [-0.25, -0.2) is 4.98 Å². The Bertz CT molecular complexity index is 535. The van der Waals surface area contributed by atoms with Gasteiger partial charge in [0.15, 0.2) is 0 Å². The number of nitrogens with zero attached hydrogens (tertiary/aromatic N) is 3. The zero-order valence-electron chi connectivity index (χ0n) is 14.3. The van der Waals surface area contributed by atoms with Gasteiger partial charge in [-0.15, -0.1) is 0 Å². The molecule has 0 spiro atoms. The number of aryl methyl sites for hydroxylation is 2. The second kappa shape index (κ2) is 7.28. The summed E-state index contributed by atoms with van der Waals surface area (Å²) in [6.07, 6.45) is 7.77. The Morgan fingerprint density at radius 2 is 2.00 bits per heavy atom. The fourth-order valence-corrected chi connectivity index (χ4v) is 3.77. The largest absolute Gasteiger partial charge is 0.472 e. The molecule has 126 valence electrons. The Morgan fingerprint density at radius 1 is 1.22 bits per heavy atom. The van der Waals surface area contributed by atoms with Gasteiger partial charge in [-0.2, -0.15) is 4.98 Å². The van der Waals surface area contributed by atoms with Gasteiger partial charge in [0.2, 0.25) is 11.8 Å². The minimum Gasteiger partial charge on any atom is -0.472 e. The number of carbonyl (C=O) groups excluding carboxylic acids is 1. The maximum absolute atomic E-state index is 12.5. The van der Waals surface area contributed by atoms with Gasteiger partial charge in [0, 0.05) is 24.7 Å². The van der Waals surface area contributed by atoms with Gasteiger partial charge in [0.25, 0.3) is 0 Å². The summed E-state index contributed by atoms with van der Waals surface area (Å²) >= 11 is 0. The predicted octanol–water partition coefficient (Wildman–Crippen LogP) is 3.04. The van der Waals surface area contributed by atoms with Gasteiger partial charge in [0.05, 0.1) is 6.54 Å². The maximum atomic E-state index is 12.5. The molecule has 5 heteroatoms. The van der Waals surface area contributed by atoms with E-state index >= 15 is 0 Å². The van der Waals surface area contributed by atoms with Crippen molar-refractivity contribution in [2.24, 2.45) is 5.92 Å². The van der Waals surface area contributed by atoms with Gasteiger partial charge in [-0.05, 0) is 45.4 Å². The molecule has 1 aliphatic heterocycles. The standard InChI is InChI=1S/C18H27N3O2/c1-13-10-17(20-14(2)19-13)23-16-8-5-9-21(12-16)18(22)11-15-6-3-4-7-15/h10,15-16H,3-9,11-12H2,1-2H3. The van der Waals surface area contributed by atoms with Crippen LogP contribution in [0.2, 0.25) is 0 Å². The molecule has 1 unspecified atom stereocenters. The van der Waals surface area contributed by atoms with E-state index in [0.29, 0.717) is 24.2 Å². The average Bonchev–Trinajstić information content (AvgIpc) is 2.99. The Morgan fingerprint density at radius 3 is 2.74 bits per heavy atom. The zero-order chi connectivity index (χ0) is 16.2. The highest BCUT2D eigenvalue weighted by Crippen LogP contribution is 2.28. The summed E-state index contributed by atoms with van der Waals surface area (Å²) in [7, 11) is 0. The summed E-state index contributed by atoms with van der Waals surface area (Å²) in [5.41, 5.74) is 0.914. The second-order valence-corrected chi connectivity index (χ2v) is 6.97. The Hall–Kier alpha value is -1.65. The quantitative estimate of drug-likeness (QED) is 0.856. The third kappa shape index (κ3) is 4.43. The van der Waals surface area contributed by atoms with Crippen LogP contribution in [-0.4, -0.2) is 40.0 Å². The first kappa shape index (κ1) is 16.2. The molecule has 2 heterocycles. The van der Waals surface area contributed by atoms with Crippen LogP contribution in [0.4, 0.5) is 0 Å². The van der Waals surface area contributed by atoms with E-state index in [1.807, 2.05) is 24.8 Å². The van der Waals surface area contributed by atoms with Crippen LogP contribution in [0.1, 0.15) is 56.5 Å². The minimum atomic E-state index is 0.0463. The lowest BCUT2D eigenvalue weighted by molar-refractivity contribution is -0.134. The maximum Gasteiger partial charge on any atom is 0.222 e. The first-order valence-corrected chi connectivity index (χ1v) is 8.87. The molecule has 1 saturated carbocycles. The van der Waals surface area contributed by atoms with Crippen molar-refractivity contribution in [3.63, 3.8) is 0 Å². The molecule has 1 amide bonds. The number of ether oxygens (including phenoxy) is 1. The van der Waals surface area contributed by atoms with E-state index in [9.17, 15) is 4.79 Å². The fraction of sp³-hybridized carbons (Fsp3) is 0.722. The first-order chi connectivity index (χ1) is 11.1. The molecule has 1 aliphatic carbocycles. The van der Waals surface area contributed by atoms with E-state index in [-0.39, 0.29) is 6.10 Å². The van der Waals surface area contributed by atoms with Crippen LogP contribution in [0.3, 0.4) is 0 Å². The van der Waals surface area contributed by atoms with Gasteiger partial charge in [0.1, 0.15) is 11.9 Å². The molecule has 0 N–H and O–H groups in total. The SMILES string of the molecule is Cc1cc(OC2CCCN(C(=O)CC3CCCC3)C2)nc(C)n1. The second-order valence-electron chi connectivity index (χ2n) is 6.97. The van der Waals surface area contributed by atoms with Crippen LogP contribution >= 0.6 is 0 Å². The molecule has 5 nitrogen and oxygen atoms in total. The van der Waals surface area contributed by atoms with Crippen molar-refractivity contribution in [2.45, 2.75) is 64.9 Å². The van der Waals surface area contributed by atoms with Crippen LogP contribution in [-0.2, 0) is 4.79 Å². The number of hydrogen-bond acceptors (Lipinski definition) is 4. The molecular weight excluding hydrogens is 290 g/mol. The topological polar surface area (TPSA) is 55.3 Å². The number of aromatic nitrogens is 2. The molecule has 23 heavy (non-hydrogen) atoms. The van der Waals surface area contributed by atoms with Crippen LogP contribution < -0.4 is 4.74 Å². The summed E-state index contributed by atoms with van der Waals surface area (Å²) in [4.78, 5) is 23.1. The molecule has 1 atom stereocenters.